The Bertz CT molecular complexity index is 1370. The minimum atomic E-state index is -0.488. The Balaban J connectivity index is 1.36. The molecule has 1 saturated carbocycles. The quantitative estimate of drug-likeness (QED) is 0.443. The molecule has 35 heavy (non-hydrogen) atoms. The van der Waals surface area contributed by atoms with Crippen LogP contribution in [0.1, 0.15) is 61.2 Å². The summed E-state index contributed by atoms with van der Waals surface area (Å²) in [5.74, 6) is 1.04. The lowest BCUT2D eigenvalue weighted by Gasteiger charge is -2.41. The lowest BCUT2D eigenvalue weighted by Crippen LogP contribution is -2.52. The van der Waals surface area contributed by atoms with E-state index in [-0.39, 0.29) is 0 Å². The van der Waals surface area contributed by atoms with E-state index in [1.807, 2.05) is 12.4 Å². The summed E-state index contributed by atoms with van der Waals surface area (Å²) in [7, 11) is 0. The molecule has 6 rings (SSSR count). The third-order valence-corrected chi connectivity index (χ3v) is 7.43. The van der Waals surface area contributed by atoms with Crippen molar-refractivity contribution in [2.24, 2.45) is 5.73 Å². The van der Waals surface area contributed by atoms with Gasteiger partial charge in [-0.2, -0.15) is 0 Å². The zero-order valence-electron chi connectivity index (χ0n) is 20.2. The SMILES string of the molecule is CCc1cccc([C@@]2(N)CCCN(c3cnc(C4CC4)cc3Cn3cnc4c(N)nccc43)C2)n1. The van der Waals surface area contributed by atoms with Crippen molar-refractivity contribution in [3.63, 3.8) is 0 Å². The fraction of sp³-hybridized carbons (Fsp3) is 0.407. The molecule has 0 amide bonds. The van der Waals surface area contributed by atoms with Crippen molar-refractivity contribution >= 4 is 22.5 Å². The topological polar surface area (TPSA) is 112 Å². The number of imidazole rings is 1. The van der Waals surface area contributed by atoms with Crippen LogP contribution in [0.25, 0.3) is 11.0 Å². The van der Waals surface area contributed by atoms with Crippen LogP contribution < -0.4 is 16.4 Å². The molecule has 4 N–H and O–H groups in total. The highest BCUT2D eigenvalue weighted by Crippen LogP contribution is 2.41. The maximum Gasteiger partial charge on any atom is 0.151 e. The van der Waals surface area contributed by atoms with Gasteiger partial charge >= 0.3 is 0 Å². The lowest BCUT2D eigenvalue weighted by molar-refractivity contribution is 0.344. The molecule has 8 heteroatoms. The number of hydrogen-bond acceptors (Lipinski definition) is 7. The van der Waals surface area contributed by atoms with Crippen molar-refractivity contribution in [2.75, 3.05) is 23.7 Å². The Hall–Kier alpha value is -3.52. The number of nitrogen functional groups attached to an aromatic ring is 1. The van der Waals surface area contributed by atoms with Gasteiger partial charge in [-0.05, 0) is 61.9 Å². The Morgan fingerprint density at radius 2 is 2.03 bits per heavy atom. The molecule has 1 aliphatic heterocycles. The molecule has 0 radical (unpaired) electrons. The van der Waals surface area contributed by atoms with E-state index in [9.17, 15) is 0 Å². The van der Waals surface area contributed by atoms with Crippen LogP contribution in [0.4, 0.5) is 11.5 Å². The fourth-order valence-corrected chi connectivity index (χ4v) is 5.30. The van der Waals surface area contributed by atoms with Gasteiger partial charge in [0.05, 0.1) is 41.5 Å². The molecular weight excluding hydrogens is 436 g/mol. The van der Waals surface area contributed by atoms with E-state index in [4.69, 9.17) is 21.4 Å². The number of hydrogen-bond donors (Lipinski definition) is 2. The number of piperidine rings is 1. The van der Waals surface area contributed by atoms with Gasteiger partial charge in [0.15, 0.2) is 5.82 Å². The van der Waals surface area contributed by atoms with E-state index in [0.29, 0.717) is 24.8 Å². The van der Waals surface area contributed by atoms with E-state index in [0.717, 1.165) is 53.9 Å². The first-order chi connectivity index (χ1) is 17.0. The number of pyridine rings is 3. The highest BCUT2D eigenvalue weighted by atomic mass is 15.2. The molecule has 1 atom stereocenters. The standard InChI is InChI=1S/C27H32N8/c1-2-20-5-3-6-24(33-20)27(29)10-4-12-34(16-27)23-14-31-21(18-7-8-18)13-19(23)15-35-17-32-25-22(35)9-11-30-26(25)28/h3,5-6,9,11,13-14,17-18H,2,4,7-8,10,12,15-16,29H2,1H3,(H2,28,30)/t27-/m1/s1. The number of nitrogens with two attached hydrogens (primary N) is 2. The molecule has 0 unspecified atom stereocenters. The first-order valence-electron chi connectivity index (χ1n) is 12.6. The van der Waals surface area contributed by atoms with Crippen molar-refractivity contribution in [1.29, 1.82) is 0 Å². The highest BCUT2D eigenvalue weighted by molar-refractivity contribution is 5.84. The first kappa shape index (κ1) is 22.0. The zero-order chi connectivity index (χ0) is 24.0. The third kappa shape index (κ3) is 4.12. The van der Waals surface area contributed by atoms with E-state index in [1.54, 1.807) is 6.20 Å². The van der Waals surface area contributed by atoms with Gasteiger partial charge in [0.1, 0.15) is 5.52 Å². The molecule has 0 spiro atoms. The second-order valence-electron chi connectivity index (χ2n) is 10.00. The summed E-state index contributed by atoms with van der Waals surface area (Å²) in [4.78, 5) is 20.9. The van der Waals surface area contributed by atoms with Crippen LogP contribution in [-0.4, -0.2) is 37.6 Å². The van der Waals surface area contributed by atoms with Crippen molar-refractivity contribution in [3.8, 4) is 0 Å². The Morgan fingerprint density at radius 3 is 2.86 bits per heavy atom. The van der Waals surface area contributed by atoms with E-state index in [1.165, 1.54) is 24.1 Å². The van der Waals surface area contributed by atoms with Gasteiger partial charge in [-0.25, -0.2) is 9.97 Å². The van der Waals surface area contributed by atoms with Crippen LogP contribution in [0.5, 0.6) is 0 Å². The van der Waals surface area contributed by atoms with Crippen molar-refractivity contribution < 1.29 is 0 Å². The fourth-order valence-electron chi connectivity index (χ4n) is 5.30. The summed E-state index contributed by atoms with van der Waals surface area (Å²) in [5, 5.41) is 0. The van der Waals surface area contributed by atoms with E-state index in [2.05, 4.69) is 56.8 Å². The Labute approximate surface area is 205 Å². The molecule has 2 aliphatic rings. The average Bonchev–Trinajstić information content (AvgIpc) is 3.65. The van der Waals surface area contributed by atoms with Crippen LogP contribution in [0.3, 0.4) is 0 Å². The number of aromatic nitrogens is 5. The first-order valence-corrected chi connectivity index (χ1v) is 12.6. The normalized spacial score (nSPS) is 20.5. The van der Waals surface area contributed by atoms with Crippen LogP contribution in [0, 0.1) is 0 Å². The molecular formula is C27H32N8. The molecule has 1 saturated heterocycles. The maximum absolute atomic E-state index is 7.04. The molecule has 4 aromatic heterocycles. The number of rotatable bonds is 6. The summed E-state index contributed by atoms with van der Waals surface area (Å²) < 4.78 is 2.15. The average molecular weight is 469 g/mol. The second-order valence-corrected chi connectivity index (χ2v) is 10.00. The maximum atomic E-state index is 7.04. The smallest absolute Gasteiger partial charge is 0.151 e. The summed E-state index contributed by atoms with van der Waals surface area (Å²) in [6, 6.07) is 10.5. The minimum absolute atomic E-state index is 0.459. The zero-order valence-corrected chi connectivity index (χ0v) is 20.2. The highest BCUT2D eigenvalue weighted by Gasteiger charge is 2.36. The monoisotopic (exact) mass is 468 g/mol. The number of aryl methyl sites for hydroxylation is 1. The molecule has 1 aliphatic carbocycles. The van der Waals surface area contributed by atoms with Crippen molar-refractivity contribution in [1.82, 2.24) is 24.5 Å². The largest absolute Gasteiger partial charge is 0.382 e. The Morgan fingerprint density at radius 1 is 1.14 bits per heavy atom. The number of anilines is 2. The predicted octanol–water partition coefficient (Wildman–Crippen LogP) is 3.75. The summed E-state index contributed by atoms with van der Waals surface area (Å²) in [5.41, 5.74) is 20.0. The third-order valence-electron chi connectivity index (χ3n) is 7.43. The van der Waals surface area contributed by atoms with Crippen LogP contribution in [0.15, 0.2) is 49.1 Å². The summed E-state index contributed by atoms with van der Waals surface area (Å²) in [6.45, 7) is 4.48. The molecule has 0 bridgehead atoms. The molecule has 0 aromatic carbocycles. The molecule has 8 nitrogen and oxygen atoms in total. The van der Waals surface area contributed by atoms with Gasteiger partial charge in [0.2, 0.25) is 0 Å². The summed E-state index contributed by atoms with van der Waals surface area (Å²) in [6.07, 6.45) is 10.9. The lowest BCUT2D eigenvalue weighted by atomic mass is 9.86. The van der Waals surface area contributed by atoms with E-state index >= 15 is 0 Å². The Kier molecular flexibility index (Phi) is 5.40. The number of fused-ring (bicyclic) bond motifs is 1. The second kappa shape index (κ2) is 8.61. The molecule has 5 heterocycles. The van der Waals surface area contributed by atoms with Gasteiger partial charge in [-0.1, -0.05) is 13.0 Å². The number of nitrogens with zero attached hydrogens (tertiary/aromatic N) is 6. The van der Waals surface area contributed by atoms with Crippen molar-refractivity contribution in [3.05, 3.63) is 71.7 Å². The van der Waals surface area contributed by atoms with Gasteiger partial charge in [-0.15, -0.1) is 0 Å². The van der Waals surface area contributed by atoms with Crippen LogP contribution >= 0.6 is 0 Å². The van der Waals surface area contributed by atoms with E-state index < -0.39 is 5.54 Å². The summed E-state index contributed by atoms with van der Waals surface area (Å²) >= 11 is 0. The van der Waals surface area contributed by atoms with Gasteiger partial charge in [0.25, 0.3) is 0 Å². The molecule has 180 valence electrons. The molecule has 4 aromatic rings. The van der Waals surface area contributed by atoms with Gasteiger partial charge < -0.3 is 20.9 Å². The minimum Gasteiger partial charge on any atom is -0.382 e. The van der Waals surface area contributed by atoms with Crippen LogP contribution in [-0.2, 0) is 18.5 Å². The van der Waals surface area contributed by atoms with Gasteiger partial charge in [0, 0.05) is 36.6 Å². The van der Waals surface area contributed by atoms with Crippen LogP contribution in [0.2, 0.25) is 0 Å². The van der Waals surface area contributed by atoms with Crippen molar-refractivity contribution in [2.45, 2.75) is 57.0 Å². The molecule has 2 fully saturated rings. The predicted molar refractivity (Wildman–Crippen MR) is 138 cm³/mol. The van der Waals surface area contributed by atoms with Gasteiger partial charge in [-0.3, -0.25) is 9.97 Å².